The van der Waals surface area contributed by atoms with E-state index in [1.807, 2.05) is 18.2 Å². The van der Waals surface area contributed by atoms with Crippen molar-refractivity contribution in [2.75, 3.05) is 13.2 Å². The number of phenolic OH excluding ortho intramolecular Hbond substituents is 2. The molecule has 0 radical (unpaired) electrons. The average molecular weight is 798 g/mol. The van der Waals surface area contributed by atoms with Crippen LogP contribution in [0.15, 0.2) is 30.8 Å². The Morgan fingerprint density at radius 3 is 1.98 bits per heavy atom. The van der Waals surface area contributed by atoms with Crippen LogP contribution in [0.25, 0.3) is 5.57 Å². The van der Waals surface area contributed by atoms with E-state index in [0.717, 1.165) is 110 Å². The highest BCUT2D eigenvalue weighted by molar-refractivity contribution is 5.73. The summed E-state index contributed by atoms with van der Waals surface area (Å²) in [5.41, 5.74) is 5.62. The third-order valence-electron chi connectivity index (χ3n) is 12.4. The van der Waals surface area contributed by atoms with Gasteiger partial charge in [-0.25, -0.2) is 0 Å². The molecule has 1 aliphatic carbocycles. The molecule has 58 heavy (non-hydrogen) atoms. The maximum Gasteiger partial charge on any atom is 0.306 e. The Morgan fingerprint density at radius 2 is 1.41 bits per heavy atom. The number of aromatic hydroxyl groups is 2. The molecule has 2 aliphatic rings. The lowest BCUT2D eigenvalue weighted by atomic mass is 9.78. The molecule has 4 rings (SSSR count). The number of aryl methyl sites for hydroxylation is 3. The summed E-state index contributed by atoms with van der Waals surface area (Å²) in [7, 11) is 0. The molecule has 1 heterocycles. The number of carbonyl (C=O) groups excluding carboxylic acids is 2. The van der Waals surface area contributed by atoms with E-state index in [1.54, 1.807) is 0 Å². The molecule has 320 valence electrons. The van der Waals surface area contributed by atoms with Gasteiger partial charge in [0.15, 0.2) is 0 Å². The van der Waals surface area contributed by atoms with Crippen LogP contribution in [-0.4, -0.2) is 57.4 Å². The highest BCUT2D eigenvalue weighted by Crippen LogP contribution is 2.44. The lowest BCUT2D eigenvalue weighted by molar-refractivity contribution is -0.163. The molecule has 7 nitrogen and oxygen atoms in total. The molecular formula is C51H75NO6. The van der Waals surface area contributed by atoms with Crippen molar-refractivity contribution in [2.24, 2.45) is 0 Å². The van der Waals surface area contributed by atoms with Crippen LogP contribution in [-0.2, 0) is 43.7 Å². The first-order valence-corrected chi connectivity index (χ1v) is 22.6. The number of esters is 2. The molecule has 0 atom stereocenters. The quantitative estimate of drug-likeness (QED) is 0.0806. The Kier molecular flexibility index (Phi) is 17.0. The van der Waals surface area contributed by atoms with Gasteiger partial charge in [0.2, 0.25) is 0 Å². The standard InChI is InChI=1S/C51H75NO6/c1-11-16-20-40-30-37(33-44(47(40)55)51(25-15-5)26-27-51)21-23-45(53)57-29-28-52-49(7,8)34-41(35-50(52,9)10)58-46(54)24-22-38-31-42(36(6)17-12-2)48(56)43(32-38)39(18-13-3)19-14-4/h30-33,39,41,55-56H,6,11-25,28-29,34-35H2,1-5,7-10H3. The van der Waals surface area contributed by atoms with E-state index in [4.69, 9.17) is 9.47 Å². The number of allylic oxidation sites excluding steroid dienone is 1. The Morgan fingerprint density at radius 1 is 0.793 bits per heavy atom. The van der Waals surface area contributed by atoms with E-state index in [1.165, 1.54) is 0 Å². The fraction of sp³-hybridized carbons (Fsp3) is 0.647. The van der Waals surface area contributed by atoms with Gasteiger partial charge >= 0.3 is 11.9 Å². The molecule has 1 saturated heterocycles. The minimum Gasteiger partial charge on any atom is -0.507 e. The molecule has 7 heteroatoms. The van der Waals surface area contributed by atoms with Gasteiger partial charge in [0.25, 0.3) is 0 Å². The molecule has 2 aromatic rings. The topological polar surface area (TPSA) is 96.3 Å². The molecular weight excluding hydrogens is 723 g/mol. The SMILES string of the molecule is C=C(CCC)c1cc(CCC(=O)OC2CC(C)(C)N(CCOC(=O)CCc3cc(CCCC)c(O)c(C4(CCC)C#C4)c3)C(C)(C)C2)cc(C(CCC)CCC)c1O. The predicted octanol–water partition coefficient (Wildman–Crippen LogP) is 11.7. The lowest BCUT2D eigenvalue weighted by Crippen LogP contribution is -2.63. The third kappa shape index (κ3) is 12.2. The first-order chi connectivity index (χ1) is 27.5. The first-order valence-electron chi connectivity index (χ1n) is 22.6. The summed E-state index contributed by atoms with van der Waals surface area (Å²) in [6.07, 6.45) is 13.3. The molecule has 0 amide bonds. The van der Waals surface area contributed by atoms with Crippen molar-refractivity contribution in [3.8, 4) is 23.3 Å². The number of phenols is 2. The Labute approximate surface area is 351 Å². The monoisotopic (exact) mass is 798 g/mol. The number of carbonyl (C=O) groups is 2. The number of piperidine rings is 1. The highest BCUT2D eigenvalue weighted by Gasteiger charge is 2.46. The molecule has 0 aromatic heterocycles. The number of rotatable bonds is 24. The average Bonchev–Trinajstić information content (AvgIpc) is 3.94. The van der Waals surface area contributed by atoms with Crippen LogP contribution in [0.3, 0.4) is 0 Å². The molecule has 2 aromatic carbocycles. The molecule has 0 spiro atoms. The van der Waals surface area contributed by atoms with Crippen molar-refractivity contribution in [1.82, 2.24) is 4.90 Å². The summed E-state index contributed by atoms with van der Waals surface area (Å²) in [6, 6.07) is 8.22. The van der Waals surface area contributed by atoms with Crippen molar-refractivity contribution in [3.05, 3.63) is 64.2 Å². The van der Waals surface area contributed by atoms with Gasteiger partial charge < -0.3 is 19.7 Å². The van der Waals surface area contributed by atoms with Gasteiger partial charge in [-0.2, -0.15) is 0 Å². The number of hydrogen-bond donors (Lipinski definition) is 2. The maximum atomic E-state index is 13.4. The van der Waals surface area contributed by atoms with Crippen molar-refractivity contribution >= 4 is 17.5 Å². The van der Waals surface area contributed by atoms with Gasteiger partial charge in [-0.15, -0.1) is 0 Å². The zero-order valence-electron chi connectivity index (χ0n) is 37.6. The van der Waals surface area contributed by atoms with Crippen molar-refractivity contribution in [2.45, 2.75) is 200 Å². The smallest absolute Gasteiger partial charge is 0.306 e. The lowest BCUT2D eigenvalue weighted by Gasteiger charge is -2.54. The van der Waals surface area contributed by atoms with Crippen LogP contribution < -0.4 is 0 Å². The maximum absolute atomic E-state index is 13.4. The molecule has 1 fully saturated rings. The third-order valence-corrected chi connectivity index (χ3v) is 12.4. The van der Waals surface area contributed by atoms with Crippen molar-refractivity contribution in [1.29, 1.82) is 0 Å². The van der Waals surface area contributed by atoms with Crippen molar-refractivity contribution < 1.29 is 29.3 Å². The summed E-state index contributed by atoms with van der Waals surface area (Å²) in [6.45, 7) is 24.6. The summed E-state index contributed by atoms with van der Waals surface area (Å²) >= 11 is 0. The van der Waals surface area contributed by atoms with Crippen LogP contribution in [0, 0.1) is 11.8 Å². The highest BCUT2D eigenvalue weighted by atomic mass is 16.5. The molecule has 0 unspecified atom stereocenters. The second-order valence-electron chi connectivity index (χ2n) is 18.4. The number of likely N-dealkylation sites (tertiary alicyclic amines) is 1. The normalized spacial score (nSPS) is 16.8. The second-order valence-corrected chi connectivity index (χ2v) is 18.4. The van der Waals surface area contributed by atoms with E-state index in [-0.39, 0.29) is 54.5 Å². The van der Waals surface area contributed by atoms with Crippen LogP contribution in [0.2, 0.25) is 0 Å². The van der Waals surface area contributed by atoms with E-state index in [2.05, 4.69) is 91.7 Å². The fourth-order valence-electron chi connectivity index (χ4n) is 9.64. The van der Waals surface area contributed by atoms with Crippen LogP contribution >= 0.6 is 0 Å². The summed E-state index contributed by atoms with van der Waals surface area (Å²) < 4.78 is 12.0. The van der Waals surface area contributed by atoms with E-state index < -0.39 is 5.41 Å². The van der Waals surface area contributed by atoms with Gasteiger partial charge in [0.05, 0.1) is 0 Å². The zero-order valence-corrected chi connectivity index (χ0v) is 37.6. The number of unbranched alkanes of at least 4 members (excludes halogenated alkanes) is 1. The van der Waals surface area contributed by atoms with Gasteiger partial charge in [0, 0.05) is 54.4 Å². The van der Waals surface area contributed by atoms with E-state index in [9.17, 15) is 19.8 Å². The minimum absolute atomic E-state index is 0.204. The molecule has 0 saturated carbocycles. The molecule has 2 N–H and O–H groups in total. The van der Waals surface area contributed by atoms with Crippen LogP contribution in [0.4, 0.5) is 0 Å². The summed E-state index contributed by atoms with van der Waals surface area (Å²) in [5, 5.41) is 22.5. The van der Waals surface area contributed by atoms with Gasteiger partial charge in [-0.1, -0.05) is 97.3 Å². The van der Waals surface area contributed by atoms with Gasteiger partial charge in [-0.3, -0.25) is 14.5 Å². The first kappa shape index (κ1) is 46.9. The van der Waals surface area contributed by atoms with Crippen LogP contribution in [0.5, 0.6) is 11.5 Å². The predicted molar refractivity (Wildman–Crippen MR) is 237 cm³/mol. The summed E-state index contributed by atoms with van der Waals surface area (Å²) in [5.74, 6) is 7.06. The Bertz CT molecular complexity index is 1760. The second kappa shape index (κ2) is 21.0. The van der Waals surface area contributed by atoms with E-state index >= 15 is 0 Å². The number of hydrogen-bond acceptors (Lipinski definition) is 7. The van der Waals surface area contributed by atoms with Crippen LogP contribution in [0.1, 0.15) is 192 Å². The summed E-state index contributed by atoms with van der Waals surface area (Å²) in [4.78, 5) is 28.9. The van der Waals surface area contributed by atoms with E-state index in [0.29, 0.717) is 43.7 Å². The number of nitrogens with zero attached hydrogens (tertiary/aromatic N) is 1. The largest absolute Gasteiger partial charge is 0.507 e. The van der Waals surface area contributed by atoms with Gasteiger partial charge in [-0.05, 0) is 125 Å². The van der Waals surface area contributed by atoms with Gasteiger partial charge in [0.1, 0.15) is 29.6 Å². The Hall–Kier alpha value is -3.76. The number of ether oxygens (including phenoxy) is 2. The fourth-order valence-corrected chi connectivity index (χ4v) is 9.64. The minimum atomic E-state index is -0.402. The van der Waals surface area contributed by atoms with Crippen molar-refractivity contribution in [3.63, 3.8) is 0 Å². The Balaban J connectivity index is 1.32. The molecule has 0 bridgehead atoms. The molecule has 1 aliphatic heterocycles. The number of benzene rings is 2. The zero-order chi connectivity index (χ0) is 42.7.